The number of alkyl halides is 1. The standard InChI is InChI=1S/C17H27FN2/c1-4-17(5-2)13-19-16(3,14-20(17)12-11-18)15-9-7-6-8-10-15/h6-10,19H,4-5,11-14H2,1-3H3. The molecule has 3 heteroatoms. The molecule has 112 valence electrons. The van der Waals surface area contributed by atoms with Crippen LogP contribution in [0.4, 0.5) is 4.39 Å². The van der Waals surface area contributed by atoms with Gasteiger partial charge in [0.05, 0.1) is 5.54 Å². The summed E-state index contributed by atoms with van der Waals surface area (Å²) in [6.07, 6.45) is 2.11. The number of benzene rings is 1. The Labute approximate surface area is 122 Å². The molecule has 0 bridgehead atoms. The van der Waals surface area contributed by atoms with Crippen molar-refractivity contribution >= 4 is 0 Å². The van der Waals surface area contributed by atoms with Crippen LogP contribution in [0, 0.1) is 0 Å². The maximum atomic E-state index is 13.0. The molecule has 20 heavy (non-hydrogen) atoms. The summed E-state index contributed by atoms with van der Waals surface area (Å²) < 4.78 is 13.0. The zero-order valence-corrected chi connectivity index (χ0v) is 13.0. The highest BCUT2D eigenvalue weighted by Crippen LogP contribution is 2.34. The molecule has 1 aliphatic rings. The second-order valence-corrected chi connectivity index (χ2v) is 6.09. The minimum absolute atomic E-state index is 0.0930. The van der Waals surface area contributed by atoms with E-state index < -0.39 is 0 Å². The predicted molar refractivity (Wildman–Crippen MR) is 82.7 cm³/mol. The van der Waals surface area contributed by atoms with E-state index >= 15 is 0 Å². The Morgan fingerprint density at radius 3 is 2.40 bits per heavy atom. The van der Waals surface area contributed by atoms with Crippen molar-refractivity contribution in [1.29, 1.82) is 0 Å². The zero-order chi connectivity index (χ0) is 14.6. The van der Waals surface area contributed by atoms with Gasteiger partial charge in [0.25, 0.3) is 0 Å². The van der Waals surface area contributed by atoms with Gasteiger partial charge in [-0.25, -0.2) is 4.39 Å². The smallest absolute Gasteiger partial charge is 0.102 e. The molecule has 1 N–H and O–H groups in total. The first-order chi connectivity index (χ1) is 9.60. The first kappa shape index (κ1) is 15.5. The molecule has 0 amide bonds. The van der Waals surface area contributed by atoms with Gasteiger partial charge in [0.1, 0.15) is 6.67 Å². The van der Waals surface area contributed by atoms with Gasteiger partial charge in [-0.3, -0.25) is 4.90 Å². The number of hydrogen-bond donors (Lipinski definition) is 1. The van der Waals surface area contributed by atoms with E-state index in [1.165, 1.54) is 5.56 Å². The number of piperazine rings is 1. The van der Waals surface area contributed by atoms with Crippen LogP contribution in [0.25, 0.3) is 0 Å². The van der Waals surface area contributed by atoms with Gasteiger partial charge >= 0.3 is 0 Å². The Morgan fingerprint density at radius 1 is 1.20 bits per heavy atom. The minimum atomic E-state index is -0.271. The van der Waals surface area contributed by atoms with E-state index in [2.05, 4.69) is 55.3 Å². The van der Waals surface area contributed by atoms with Crippen molar-refractivity contribution in [3.8, 4) is 0 Å². The zero-order valence-electron chi connectivity index (χ0n) is 13.0. The van der Waals surface area contributed by atoms with E-state index in [9.17, 15) is 4.39 Å². The Morgan fingerprint density at radius 2 is 1.85 bits per heavy atom. The average molecular weight is 278 g/mol. The van der Waals surface area contributed by atoms with Crippen LogP contribution in [0.1, 0.15) is 39.2 Å². The highest BCUT2D eigenvalue weighted by molar-refractivity contribution is 5.26. The minimum Gasteiger partial charge on any atom is -0.305 e. The largest absolute Gasteiger partial charge is 0.305 e. The fourth-order valence-electron chi connectivity index (χ4n) is 3.44. The predicted octanol–water partition coefficient (Wildman–Crippen LogP) is 3.34. The molecule has 1 aliphatic heterocycles. The van der Waals surface area contributed by atoms with Gasteiger partial charge in [0.2, 0.25) is 0 Å². The Balaban J connectivity index is 2.26. The molecule has 2 nitrogen and oxygen atoms in total. The van der Waals surface area contributed by atoms with Gasteiger partial charge in [-0.05, 0) is 25.3 Å². The molecule has 0 aromatic heterocycles. The quantitative estimate of drug-likeness (QED) is 0.888. The van der Waals surface area contributed by atoms with E-state index in [4.69, 9.17) is 0 Å². The first-order valence-electron chi connectivity index (χ1n) is 7.72. The number of rotatable bonds is 5. The van der Waals surface area contributed by atoms with Crippen LogP contribution in [0.2, 0.25) is 0 Å². The van der Waals surface area contributed by atoms with Crippen LogP contribution < -0.4 is 5.32 Å². The molecule has 0 saturated carbocycles. The SMILES string of the molecule is CCC1(CC)CNC(C)(c2ccccc2)CN1CCF. The van der Waals surface area contributed by atoms with E-state index in [0.717, 1.165) is 25.9 Å². The molecule has 1 heterocycles. The fourth-order valence-corrected chi connectivity index (χ4v) is 3.44. The Hall–Kier alpha value is -0.930. The van der Waals surface area contributed by atoms with Gasteiger partial charge in [0, 0.05) is 25.2 Å². The van der Waals surface area contributed by atoms with Gasteiger partial charge < -0.3 is 5.32 Å². The highest BCUT2D eigenvalue weighted by atomic mass is 19.1. The van der Waals surface area contributed by atoms with Crippen LogP contribution in [0.5, 0.6) is 0 Å². The van der Waals surface area contributed by atoms with E-state index in [1.54, 1.807) is 0 Å². The van der Waals surface area contributed by atoms with Crippen molar-refractivity contribution in [2.45, 2.75) is 44.7 Å². The molecule has 1 fully saturated rings. The lowest BCUT2D eigenvalue weighted by molar-refractivity contribution is -0.00147. The summed E-state index contributed by atoms with van der Waals surface area (Å²) in [6.45, 7) is 8.69. The molecule has 1 aromatic rings. The van der Waals surface area contributed by atoms with E-state index in [-0.39, 0.29) is 17.8 Å². The first-order valence-corrected chi connectivity index (χ1v) is 7.72. The molecule has 0 radical (unpaired) electrons. The summed E-state index contributed by atoms with van der Waals surface area (Å²) in [7, 11) is 0. The molecule has 0 aliphatic carbocycles. The maximum absolute atomic E-state index is 13.0. The average Bonchev–Trinajstić information content (AvgIpc) is 2.50. The summed E-state index contributed by atoms with van der Waals surface area (Å²) in [5.41, 5.74) is 1.29. The highest BCUT2D eigenvalue weighted by Gasteiger charge is 2.43. The maximum Gasteiger partial charge on any atom is 0.102 e. The fraction of sp³-hybridized carbons (Fsp3) is 0.647. The second kappa shape index (κ2) is 6.23. The van der Waals surface area contributed by atoms with Crippen molar-refractivity contribution in [1.82, 2.24) is 10.2 Å². The van der Waals surface area contributed by atoms with Crippen LogP contribution in [0.3, 0.4) is 0 Å². The number of hydrogen-bond acceptors (Lipinski definition) is 2. The lowest BCUT2D eigenvalue weighted by atomic mass is 9.81. The molecule has 1 saturated heterocycles. The molecule has 2 rings (SSSR count). The molecular formula is C17H27FN2. The lowest BCUT2D eigenvalue weighted by Gasteiger charge is -2.53. The monoisotopic (exact) mass is 278 g/mol. The third-order valence-electron chi connectivity index (χ3n) is 5.07. The molecular weight excluding hydrogens is 251 g/mol. The van der Waals surface area contributed by atoms with Gasteiger partial charge in [-0.2, -0.15) is 0 Å². The van der Waals surface area contributed by atoms with Crippen LogP contribution in [-0.2, 0) is 5.54 Å². The summed E-state index contributed by atoms with van der Waals surface area (Å²) in [4.78, 5) is 2.36. The van der Waals surface area contributed by atoms with Crippen molar-refractivity contribution in [2.75, 3.05) is 26.3 Å². The number of halogens is 1. The van der Waals surface area contributed by atoms with Gasteiger partial charge in [-0.1, -0.05) is 44.2 Å². The van der Waals surface area contributed by atoms with Crippen molar-refractivity contribution < 1.29 is 4.39 Å². The van der Waals surface area contributed by atoms with Crippen molar-refractivity contribution in [3.05, 3.63) is 35.9 Å². The summed E-state index contributed by atoms with van der Waals surface area (Å²) in [5.74, 6) is 0. The summed E-state index contributed by atoms with van der Waals surface area (Å²) >= 11 is 0. The Bertz CT molecular complexity index is 416. The molecule has 0 spiro atoms. The van der Waals surface area contributed by atoms with Crippen LogP contribution in [0.15, 0.2) is 30.3 Å². The normalized spacial score (nSPS) is 26.6. The molecule has 1 atom stereocenters. The van der Waals surface area contributed by atoms with E-state index in [0.29, 0.717) is 6.54 Å². The van der Waals surface area contributed by atoms with Crippen LogP contribution >= 0.6 is 0 Å². The molecule has 1 unspecified atom stereocenters. The molecule has 1 aromatic carbocycles. The topological polar surface area (TPSA) is 15.3 Å². The summed E-state index contributed by atoms with van der Waals surface area (Å²) in [5, 5.41) is 3.73. The van der Waals surface area contributed by atoms with Gasteiger partial charge in [-0.15, -0.1) is 0 Å². The number of nitrogens with one attached hydrogen (secondary N) is 1. The van der Waals surface area contributed by atoms with Crippen molar-refractivity contribution in [3.63, 3.8) is 0 Å². The summed E-state index contributed by atoms with van der Waals surface area (Å²) in [6, 6.07) is 10.5. The Kier molecular flexibility index (Phi) is 4.82. The third-order valence-corrected chi connectivity index (χ3v) is 5.07. The lowest BCUT2D eigenvalue weighted by Crippen LogP contribution is -2.67. The van der Waals surface area contributed by atoms with Crippen LogP contribution in [-0.4, -0.2) is 36.7 Å². The third kappa shape index (κ3) is 2.75. The second-order valence-electron chi connectivity index (χ2n) is 6.09. The number of nitrogens with zero attached hydrogens (tertiary/aromatic N) is 1. The van der Waals surface area contributed by atoms with Gasteiger partial charge in [0.15, 0.2) is 0 Å². The van der Waals surface area contributed by atoms with Crippen molar-refractivity contribution in [2.24, 2.45) is 0 Å². The van der Waals surface area contributed by atoms with E-state index in [1.807, 2.05) is 6.07 Å².